The van der Waals surface area contributed by atoms with Crippen LogP contribution in [-0.2, 0) is 27.3 Å². The highest BCUT2D eigenvalue weighted by atomic mass is 35.5. The molecule has 17 heteroatoms. The molecule has 1 aliphatic carbocycles. The van der Waals surface area contributed by atoms with Crippen LogP contribution in [0.15, 0.2) is 29.1 Å². The molecule has 0 aromatic carbocycles. The first-order chi connectivity index (χ1) is 20.5. The Balaban J connectivity index is 0.000000641. The van der Waals surface area contributed by atoms with Gasteiger partial charge in [0.1, 0.15) is 11.9 Å². The first-order valence-corrected chi connectivity index (χ1v) is 14.6. The average molecular weight is 635 g/mol. The number of aliphatic carboxylic acids is 1. The predicted octanol–water partition coefficient (Wildman–Crippen LogP) is 1.20. The van der Waals surface area contributed by atoms with Gasteiger partial charge in [0.05, 0.1) is 16.8 Å². The van der Waals surface area contributed by atoms with Crippen LogP contribution in [0.3, 0.4) is 0 Å². The van der Waals surface area contributed by atoms with Gasteiger partial charge in [0.25, 0.3) is 5.91 Å². The van der Waals surface area contributed by atoms with Crippen LogP contribution in [0, 0.1) is 0 Å². The third-order valence-electron chi connectivity index (χ3n) is 6.86. The lowest BCUT2D eigenvalue weighted by Gasteiger charge is -2.35. The summed E-state index contributed by atoms with van der Waals surface area (Å²) in [5.41, 5.74) is 0.956. The number of anilines is 1. The van der Waals surface area contributed by atoms with Gasteiger partial charge in [-0.05, 0) is 45.4 Å². The Morgan fingerprint density at radius 1 is 1.16 bits per heavy atom. The number of hydrogen-bond acceptors (Lipinski definition) is 12. The molecule has 15 nitrogen and oxygen atoms in total. The number of nitrogens with one attached hydrogen (secondary N) is 3. The largest absolute Gasteiger partial charge is 0.479 e. The number of carbonyl (C=O) groups excluding carboxylic acids is 3. The van der Waals surface area contributed by atoms with Crippen molar-refractivity contribution in [1.82, 2.24) is 35.7 Å². The van der Waals surface area contributed by atoms with Gasteiger partial charge in [-0.1, -0.05) is 11.6 Å². The molecule has 5 rings (SSSR count). The van der Waals surface area contributed by atoms with Crippen LogP contribution in [0.25, 0.3) is 0 Å². The number of carbonyl (C=O) groups is 4. The highest BCUT2D eigenvalue weighted by Crippen LogP contribution is 2.33. The molecule has 0 bridgehead atoms. The molecular formula is C26H31ClN8O7S. The Kier molecular flexibility index (Phi) is 10.7. The molecule has 3 amide bonds. The van der Waals surface area contributed by atoms with E-state index in [9.17, 15) is 19.2 Å². The first kappa shape index (κ1) is 31.9. The quantitative estimate of drug-likeness (QED) is 0.242. The second-order valence-corrected chi connectivity index (χ2v) is 11.7. The monoisotopic (exact) mass is 634 g/mol. The maximum Gasteiger partial charge on any atom is 0.332 e. The van der Waals surface area contributed by atoms with Crippen LogP contribution in [0.1, 0.15) is 58.4 Å². The maximum atomic E-state index is 13.2. The molecule has 43 heavy (non-hydrogen) atoms. The summed E-state index contributed by atoms with van der Waals surface area (Å²) in [4.78, 5) is 59.6. The van der Waals surface area contributed by atoms with Crippen LogP contribution >= 0.6 is 22.9 Å². The fourth-order valence-corrected chi connectivity index (χ4v) is 5.80. The zero-order valence-corrected chi connectivity index (χ0v) is 24.9. The molecule has 2 aliphatic rings. The molecule has 4 heterocycles. The normalized spacial score (nSPS) is 20.5. The van der Waals surface area contributed by atoms with Gasteiger partial charge in [-0.2, -0.15) is 0 Å². The van der Waals surface area contributed by atoms with Crippen molar-refractivity contribution >= 4 is 52.4 Å². The van der Waals surface area contributed by atoms with E-state index in [1.54, 1.807) is 6.07 Å². The van der Waals surface area contributed by atoms with Gasteiger partial charge < -0.3 is 35.5 Å². The number of likely N-dealkylation sites (N-methyl/N-ethyl adjacent to an activating group) is 1. The maximum absolute atomic E-state index is 13.2. The summed E-state index contributed by atoms with van der Waals surface area (Å²) in [6.45, 7) is 2.86. The van der Waals surface area contributed by atoms with Crippen LogP contribution in [0.4, 0.5) is 5.82 Å². The fourth-order valence-electron chi connectivity index (χ4n) is 4.59. The van der Waals surface area contributed by atoms with E-state index in [0.29, 0.717) is 35.2 Å². The minimum Gasteiger partial charge on any atom is -0.479 e. The standard InChI is InChI=1S/C23H25ClN8O4S.C3H6O3/c1-32-7-6-15-17(10-32)37-23(29-15)21(35)28-16-8-12(22-31-26-11-36-22)2-4-14(16)27-19(33)20(34)30-18-5-3-13(24)9-25-18;1-2(4)3(5)6/h3,5,9,11-12,14,16H,2,4,6-8,10H2,1H3,(H,27,33)(H,28,35)(H,25,30,34);2,4H,1H3,(H,5,6)/t12-,14-,16+;/m0./s1. The molecule has 1 unspecified atom stereocenters. The summed E-state index contributed by atoms with van der Waals surface area (Å²) in [5.74, 6) is -2.61. The number of halogens is 1. The van der Waals surface area contributed by atoms with Crippen molar-refractivity contribution in [3.8, 4) is 0 Å². The van der Waals surface area contributed by atoms with Crippen molar-refractivity contribution in [1.29, 1.82) is 0 Å². The fraction of sp³-hybridized carbons (Fsp3) is 0.462. The lowest BCUT2D eigenvalue weighted by atomic mass is 9.82. The Morgan fingerprint density at radius 2 is 1.93 bits per heavy atom. The van der Waals surface area contributed by atoms with Gasteiger partial charge in [-0.15, -0.1) is 21.5 Å². The van der Waals surface area contributed by atoms with E-state index in [1.807, 2.05) is 7.05 Å². The summed E-state index contributed by atoms with van der Waals surface area (Å²) in [5, 5.41) is 32.6. The predicted molar refractivity (Wildman–Crippen MR) is 153 cm³/mol. The van der Waals surface area contributed by atoms with Crippen molar-refractivity contribution in [3.05, 3.63) is 51.2 Å². The minimum absolute atomic E-state index is 0.0915. The molecule has 230 valence electrons. The second kappa shape index (κ2) is 14.5. The smallest absolute Gasteiger partial charge is 0.332 e. The summed E-state index contributed by atoms with van der Waals surface area (Å²) >= 11 is 7.20. The SMILES string of the molecule is CC(O)C(=O)O.CN1CCc2nc(C(=O)N[C@@H]3C[C@@H](c4nnco4)CC[C@@H]3NC(=O)C(=O)Nc3ccc(Cl)cn3)sc2C1. The Morgan fingerprint density at radius 3 is 2.58 bits per heavy atom. The summed E-state index contributed by atoms with van der Waals surface area (Å²) in [6, 6.07) is 2.09. The molecule has 3 aromatic heterocycles. The van der Waals surface area contributed by atoms with E-state index in [4.69, 9.17) is 26.2 Å². The molecule has 3 aromatic rings. The first-order valence-electron chi connectivity index (χ1n) is 13.4. The number of carboxylic acids is 1. The molecule has 1 fully saturated rings. The summed E-state index contributed by atoms with van der Waals surface area (Å²) in [7, 11) is 2.04. The highest BCUT2D eigenvalue weighted by molar-refractivity contribution is 7.13. The molecule has 0 radical (unpaired) electrons. The number of amides is 3. The highest BCUT2D eigenvalue weighted by Gasteiger charge is 2.37. The lowest BCUT2D eigenvalue weighted by molar-refractivity contribution is -0.145. The van der Waals surface area contributed by atoms with E-state index in [0.717, 1.165) is 30.1 Å². The van der Waals surface area contributed by atoms with E-state index in [1.165, 1.54) is 36.9 Å². The van der Waals surface area contributed by atoms with Crippen LogP contribution < -0.4 is 16.0 Å². The van der Waals surface area contributed by atoms with E-state index in [2.05, 4.69) is 41.0 Å². The number of pyridine rings is 1. The van der Waals surface area contributed by atoms with Gasteiger partial charge in [-0.3, -0.25) is 14.4 Å². The van der Waals surface area contributed by atoms with Crippen molar-refractivity contribution in [2.45, 2.75) is 63.3 Å². The van der Waals surface area contributed by atoms with Gasteiger partial charge in [0.15, 0.2) is 5.01 Å². The number of hydrogen-bond donors (Lipinski definition) is 5. The molecular weight excluding hydrogens is 604 g/mol. The second-order valence-electron chi connectivity index (χ2n) is 10.2. The molecule has 5 N–H and O–H groups in total. The van der Waals surface area contributed by atoms with Gasteiger partial charge in [0, 0.05) is 42.5 Å². The zero-order valence-electron chi connectivity index (χ0n) is 23.3. The van der Waals surface area contributed by atoms with Crippen molar-refractivity contribution in [2.24, 2.45) is 0 Å². The number of aliphatic hydroxyl groups is 1. The molecule has 0 spiro atoms. The zero-order chi connectivity index (χ0) is 31.1. The summed E-state index contributed by atoms with van der Waals surface area (Å²) < 4.78 is 5.39. The topological polar surface area (TPSA) is 213 Å². The van der Waals surface area contributed by atoms with Crippen molar-refractivity contribution in [3.63, 3.8) is 0 Å². The Labute approximate surface area is 255 Å². The van der Waals surface area contributed by atoms with Gasteiger partial charge >= 0.3 is 17.8 Å². The number of nitrogens with zero attached hydrogens (tertiary/aromatic N) is 5. The lowest BCUT2D eigenvalue weighted by Crippen LogP contribution is -2.56. The third kappa shape index (κ3) is 8.76. The number of carboxylic acid groups (broad SMARTS) is 1. The molecule has 4 atom stereocenters. The molecule has 1 saturated carbocycles. The number of rotatable bonds is 6. The Bertz CT molecular complexity index is 1430. The van der Waals surface area contributed by atoms with Crippen LogP contribution in [-0.4, -0.2) is 90.7 Å². The van der Waals surface area contributed by atoms with E-state index < -0.39 is 36.0 Å². The van der Waals surface area contributed by atoms with Crippen LogP contribution in [0.2, 0.25) is 5.02 Å². The Hall–Kier alpha value is -3.99. The summed E-state index contributed by atoms with van der Waals surface area (Å²) in [6.07, 6.45) is 3.79. The average Bonchev–Trinajstić information content (AvgIpc) is 3.66. The third-order valence-corrected chi connectivity index (χ3v) is 8.16. The number of thiazole rings is 1. The molecule has 0 saturated heterocycles. The number of aliphatic hydroxyl groups excluding tert-OH is 1. The number of aromatic nitrogens is 4. The van der Waals surface area contributed by atoms with Crippen molar-refractivity contribution < 1.29 is 33.8 Å². The van der Waals surface area contributed by atoms with Crippen molar-refractivity contribution in [2.75, 3.05) is 18.9 Å². The number of fused-ring (bicyclic) bond motifs is 1. The van der Waals surface area contributed by atoms with Crippen LogP contribution in [0.5, 0.6) is 0 Å². The minimum atomic E-state index is -1.23. The van der Waals surface area contributed by atoms with E-state index in [-0.39, 0.29) is 17.6 Å². The molecule has 1 aliphatic heterocycles. The van der Waals surface area contributed by atoms with Gasteiger partial charge in [0.2, 0.25) is 12.3 Å². The van der Waals surface area contributed by atoms with Gasteiger partial charge in [-0.25, -0.2) is 14.8 Å². The van der Waals surface area contributed by atoms with E-state index >= 15 is 0 Å².